The summed E-state index contributed by atoms with van der Waals surface area (Å²) >= 11 is 6.06. The van der Waals surface area contributed by atoms with Crippen molar-refractivity contribution in [1.82, 2.24) is 4.57 Å². The number of hydrogen-bond acceptors (Lipinski definition) is 2. The molecule has 0 saturated heterocycles. The lowest BCUT2D eigenvalue weighted by Crippen LogP contribution is -2.22. The molecule has 0 bridgehead atoms. The number of aromatic nitrogens is 1. The zero-order chi connectivity index (χ0) is 19.8. The molecule has 0 unspecified atom stereocenters. The normalized spacial score (nSPS) is 11.1. The Morgan fingerprint density at radius 3 is 2.54 bits per heavy atom. The number of hydrogen-bond donors (Lipinski definition) is 1. The Kier molecular flexibility index (Phi) is 4.65. The van der Waals surface area contributed by atoms with Crippen LogP contribution in [-0.2, 0) is 11.3 Å². The fourth-order valence-electron chi connectivity index (χ4n) is 3.48. The SMILES string of the molecule is Cc1ccc2c(c1)c(=O)c1ccccc1n2CC(=O)Nc1cc(Cl)ccc1C. The lowest BCUT2D eigenvalue weighted by Gasteiger charge is -2.16. The third-order valence-corrected chi connectivity index (χ3v) is 5.14. The summed E-state index contributed by atoms with van der Waals surface area (Å²) in [6.07, 6.45) is 0. The highest BCUT2D eigenvalue weighted by molar-refractivity contribution is 6.31. The third kappa shape index (κ3) is 3.27. The molecule has 4 aromatic rings. The molecule has 3 aromatic carbocycles. The Labute approximate surface area is 167 Å². The highest BCUT2D eigenvalue weighted by Crippen LogP contribution is 2.22. The van der Waals surface area contributed by atoms with Gasteiger partial charge < -0.3 is 9.88 Å². The lowest BCUT2D eigenvalue weighted by molar-refractivity contribution is -0.116. The average molecular weight is 391 g/mol. The number of nitrogens with zero attached hydrogens (tertiary/aromatic N) is 1. The van der Waals surface area contributed by atoms with Crippen molar-refractivity contribution in [2.45, 2.75) is 20.4 Å². The van der Waals surface area contributed by atoms with E-state index < -0.39 is 0 Å². The summed E-state index contributed by atoms with van der Waals surface area (Å²) in [6.45, 7) is 3.96. The highest BCUT2D eigenvalue weighted by atomic mass is 35.5. The molecule has 0 atom stereocenters. The molecule has 1 amide bonds. The number of halogens is 1. The summed E-state index contributed by atoms with van der Waals surface area (Å²) < 4.78 is 1.89. The molecule has 0 fully saturated rings. The molecule has 5 heteroatoms. The van der Waals surface area contributed by atoms with Gasteiger partial charge in [-0.2, -0.15) is 0 Å². The van der Waals surface area contributed by atoms with Gasteiger partial charge in [-0.15, -0.1) is 0 Å². The molecule has 0 radical (unpaired) electrons. The molecular weight excluding hydrogens is 372 g/mol. The van der Waals surface area contributed by atoms with Crippen LogP contribution in [-0.4, -0.2) is 10.5 Å². The van der Waals surface area contributed by atoms with Crippen LogP contribution in [0.2, 0.25) is 5.02 Å². The van der Waals surface area contributed by atoms with E-state index >= 15 is 0 Å². The van der Waals surface area contributed by atoms with Gasteiger partial charge in [0.2, 0.25) is 5.91 Å². The summed E-state index contributed by atoms with van der Waals surface area (Å²) in [6, 6.07) is 18.5. The van der Waals surface area contributed by atoms with E-state index in [1.54, 1.807) is 18.2 Å². The lowest BCUT2D eigenvalue weighted by atomic mass is 10.1. The fourth-order valence-corrected chi connectivity index (χ4v) is 3.65. The second kappa shape index (κ2) is 7.13. The van der Waals surface area contributed by atoms with E-state index in [1.807, 2.05) is 60.9 Å². The third-order valence-electron chi connectivity index (χ3n) is 4.90. The first-order valence-electron chi connectivity index (χ1n) is 9.02. The van der Waals surface area contributed by atoms with Crippen molar-refractivity contribution < 1.29 is 4.79 Å². The maximum Gasteiger partial charge on any atom is 0.244 e. The first-order chi connectivity index (χ1) is 13.4. The van der Waals surface area contributed by atoms with Crippen LogP contribution in [0.1, 0.15) is 11.1 Å². The second-order valence-electron chi connectivity index (χ2n) is 6.96. The van der Waals surface area contributed by atoms with Crippen LogP contribution in [0.25, 0.3) is 21.8 Å². The fraction of sp³-hybridized carbons (Fsp3) is 0.130. The number of anilines is 1. The molecule has 0 saturated carbocycles. The number of amides is 1. The van der Waals surface area contributed by atoms with Gasteiger partial charge in [0, 0.05) is 21.5 Å². The number of carbonyl (C=O) groups excluding carboxylic acids is 1. The van der Waals surface area contributed by atoms with Crippen LogP contribution in [0.15, 0.2) is 65.5 Å². The monoisotopic (exact) mass is 390 g/mol. The first-order valence-corrected chi connectivity index (χ1v) is 9.40. The van der Waals surface area contributed by atoms with Gasteiger partial charge in [0.25, 0.3) is 0 Å². The molecule has 0 aliphatic carbocycles. The number of carbonyl (C=O) groups is 1. The Bertz CT molecular complexity index is 1290. The summed E-state index contributed by atoms with van der Waals surface area (Å²) in [5, 5.41) is 4.72. The summed E-state index contributed by atoms with van der Waals surface area (Å²) in [4.78, 5) is 25.8. The van der Waals surface area contributed by atoms with Gasteiger partial charge in [-0.05, 0) is 55.8 Å². The molecule has 4 rings (SSSR count). The van der Waals surface area contributed by atoms with Crippen LogP contribution in [0.3, 0.4) is 0 Å². The predicted octanol–water partition coefficient (Wildman–Crippen LogP) is 5.06. The van der Waals surface area contributed by atoms with Crippen molar-refractivity contribution in [1.29, 1.82) is 0 Å². The summed E-state index contributed by atoms with van der Waals surface area (Å²) in [5.74, 6) is -0.180. The van der Waals surface area contributed by atoms with E-state index in [9.17, 15) is 9.59 Å². The molecule has 0 spiro atoms. The minimum Gasteiger partial charge on any atom is -0.331 e. The molecule has 140 valence electrons. The van der Waals surface area contributed by atoms with E-state index in [4.69, 9.17) is 11.6 Å². The molecule has 0 aliphatic heterocycles. The highest BCUT2D eigenvalue weighted by Gasteiger charge is 2.14. The zero-order valence-corrected chi connectivity index (χ0v) is 16.4. The van der Waals surface area contributed by atoms with Crippen LogP contribution >= 0.6 is 11.6 Å². The summed E-state index contributed by atoms with van der Waals surface area (Å²) in [7, 11) is 0. The van der Waals surface area contributed by atoms with Gasteiger partial charge in [0.1, 0.15) is 6.54 Å². The van der Waals surface area contributed by atoms with E-state index in [2.05, 4.69) is 5.32 Å². The van der Waals surface area contributed by atoms with Gasteiger partial charge in [0.05, 0.1) is 11.0 Å². The number of aryl methyl sites for hydroxylation is 2. The van der Waals surface area contributed by atoms with Crippen molar-refractivity contribution in [3.8, 4) is 0 Å². The Hall–Kier alpha value is -3.11. The second-order valence-corrected chi connectivity index (χ2v) is 7.40. The quantitative estimate of drug-likeness (QED) is 0.497. The van der Waals surface area contributed by atoms with Gasteiger partial charge in [-0.25, -0.2) is 0 Å². The Morgan fingerprint density at radius 1 is 0.964 bits per heavy atom. The van der Waals surface area contributed by atoms with Gasteiger partial charge in [0.15, 0.2) is 5.43 Å². The topological polar surface area (TPSA) is 51.1 Å². The van der Waals surface area contributed by atoms with Crippen molar-refractivity contribution in [2.24, 2.45) is 0 Å². The number of rotatable bonds is 3. The maximum absolute atomic E-state index is 12.9. The van der Waals surface area contributed by atoms with Gasteiger partial charge >= 0.3 is 0 Å². The molecular formula is C23H19ClN2O2. The summed E-state index contributed by atoms with van der Waals surface area (Å²) in [5.41, 5.74) is 4.09. The number of para-hydroxylation sites is 1. The van der Waals surface area contributed by atoms with Crippen molar-refractivity contribution in [2.75, 3.05) is 5.32 Å². The molecule has 28 heavy (non-hydrogen) atoms. The standard InChI is InChI=1S/C23H19ClN2O2/c1-14-7-10-21-18(11-14)23(28)17-5-3-4-6-20(17)26(21)13-22(27)25-19-12-16(24)9-8-15(19)2/h3-12H,13H2,1-2H3,(H,25,27). The Balaban J connectivity index is 1.83. The average Bonchev–Trinajstić information content (AvgIpc) is 2.68. The number of nitrogens with one attached hydrogen (secondary N) is 1. The van der Waals surface area contributed by atoms with Crippen LogP contribution in [0.5, 0.6) is 0 Å². The first kappa shape index (κ1) is 18.3. The smallest absolute Gasteiger partial charge is 0.244 e. The molecule has 4 nitrogen and oxygen atoms in total. The largest absolute Gasteiger partial charge is 0.331 e. The molecule has 0 aliphatic rings. The van der Waals surface area contributed by atoms with E-state index in [0.717, 1.165) is 22.2 Å². The Morgan fingerprint density at radius 2 is 1.71 bits per heavy atom. The molecule has 1 N–H and O–H groups in total. The van der Waals surface area contributed by atoms with E-state index in [1.165, 1.54) is 0 Å². The van der Waals surface area contributed by atoms with Crippen LogP contribution in [0.4, 0.5) is 5.69 Å². The molecule has 1 heterocycles. The molecule has 1 aromatic heterocycles. The zero-order valence-electron chi connectivity index (χ0n) is 15.6. The van der Waals surface area contributed by atoms with Crippen molar-refractivity contribution in [3.63, 3.8) is 0 Å². The predicted molar refractivity (Wildman–Crippen MR) is 115 cm³/mol. The van der Waals surface area contributed by atoms with Crippen molar-refractivity contribution >= 4 is 45.0 Å². The van der Waals surface area contributed by atoms with Gasteiger partial charge in [-0.1, -0.05) is 41.4 Å². The number of pyridine rings is 1. The minimum absolute atomic E-state index is 0.0170. The number of fused-ring (bicyclic) bond motifs is 2. The van der Waals surface area contributed by atoms with Crippen LogP contribution in [0, 0.1) is 13.8 Å². The number of benzene rings is 3. The minimum atomic E-state index is -0.180. The van der Waals surface area contributed by atoms with Crippen LogP contribution < -0.4 is 10.7 Å². The van der Waals surface area contributed by atoms with E-state index in [-0.39, 0.29) is 17.9 Å². The van der Waals surface area contributed by atoms with Crippen molar-refractivity contribution in [3.05, 3.63) is 87.0 Å². The van der Waals surface area contributed by atoms with Gasteiger partial charge in [-0.3, -0.25) is 9.59 Å². The van der Waals surface area contributed by atoms with E-state index in [0.29, 0.717) is 21.5 Å². The maximum atomic E-state index is 12.9.